The Bertz CT molecular complexity index is 461. The largest absolute Gasteiger partial charge is 0.311 e. The SMILES string of the molecule is Cn1cc(CN2CC(C3CCCCC3)NCC2(C)C)nn1. The van der Waals surface area contributed by atoms with E-state index in [0.717, 1.165) is 31.2 Å². The quantitative estimate of drug-likeness (QED) is 0.924. The van der Waals surface area contributed by atoms with Gasteiger partial charge in [0.2, 0.25) is 0 Å². The monoisotopic (exact) mass is 291 g/mol. The first-order valence-corrected chi connectivity index (χ1v) is 8.38. The molecule has 1 unspecified atom stereocenters. The van der Waals surface area contributed by atoms with Gasteiger partial charge in [-0.05, 0) is 32.6 Å². The molecule has 1 aliphatic heterocycles. The van der Waals surface area contributed by atoms with Crippen LogP contribution in [0.3, 0.4) is 0 Å². The highest BCUT2D eigenvalue weighted by atomic mass is 15.4. The van der Waals surface area contributed by atoms with Crippen LogP contribution in [0.25, 0.3) is 0 Å². The van der Waals surface area contributed by atoms with Gasteiger partial charge in [0.05, 0.1) is 5.69 Å². The van der Waals surface area contributed by atoms with Crippen molar-refractivity contribution >= 4 is 0 Å². The molecule has 2 aliphatic rings. The van der Waals surface area contributed by atoms with Crippen LogP contribution in [0.2, 0.25) is 0 Å². The summed E-state index contributed by atoms with van der Waals surface area (Å²) in [6.07, 6.45) is 9.09. The maximum Gasteiger partial charge on any atom is 0.0967 e. The van der Waals surface area contributed by atoms with Gasteiger partial charge in [-0.2, -0.15) is 0 Å². The number of piperazine rings is 1. The Morgan fingerprint density at radius 3 is 2.71 bits per heavy atom. The summed E-state index contributed by atoms with van der Waals surface area (Å²) < 4.78 is 1.79. The highest BCUT2D eigenvalue weighted by Gasteiger charge is 2.37. The van der Waals surface area contributed by atoms with Crippen LogP contribution in [-0.4, -0.2) is 44.6 Å². The molecule has 0 amide bonds. The van der Waals surface area contributed by atoms with Gasteiger partial charge in [0.1, 0.15) is 0 Å². The molecule has 0 aromatic carbocycles. The van der Waals surface area contributed by atoms with Crippen LogP contribution in [0.1, 0.15) is 51.6 Å². The average Bonchev–Trinajstić information content (AvgIpc) is 2.87. The topological polar surface area (TPSA) is 46.0 Å². The van der Waals surface area contributed by atoms with E-state index >= 15 is 0 Å². The van der Waals surface area contributed by atoms with Crippen LogP contribution in [0.5, 0.6) is 0 Å². The van der Waals surface area contributed by atoms with E-state index in [4.69, 9.17) is 0 Å². The van der Waals surface area contributed by atoms with Crippen LogP contribution in [0, 0.1) is 5.92 Å². The smallest absolute Gasteiger partial charge is 0.0967 e. The van der Waals surface area contributed by atoms with Gasteiger partial charge < -0.3 is 5.32 Å². The van der Waals surface area contributed by atoms with Crippen molar-refractivity contribution in [3.63, 3.8) is 0 Å². The first kappa shape index (κ1) is 15.0. The van der Waals surface area contributed by atoms with Gasteiger partial charge in [-0.1, -0.05) is 24.5 Å². The number of hydrogen-bond donors (Lipinski definition) is 1. The molecule has 1 aliphatic carbocycles. The summed E-state index contributed by atoms with van der Waals surface area (Å²) in [5.74, 6) is 0.860. The predicted molar refractivity (Wildman–Crippen MR) is 83.9 cm³/mol. The van der Waals surface area contributed by atoms with Crippen LogP contribution >= 0.6 is 0 Å². The summed E-state index contributed by atoms with van der Waals surface area (Å²) in [5, 5.41) is 12.1. The van der Waals surface area contributed by atoms with Crippen LogP contribution in [0.4, 0.5) is 0 Å². The minimum atomic E-state index is 0.183. The van der Waals surface area contributed by atoms with Crippen LogP contribution in [-0.2, 0) is 13.6 Å². The van der Waals surface area contributed by atoms with Crippen LogP contribution in [0.15, 0.2) is 6.20 Å². The Morgan fingerprint density at radius 1 is 1.29 bits per heavy atom. The molecule has 1 saturated heterocycles. The summed E-state index contributed by atoms with van der Waals surface area (Å²) in [6.45, 7) is 7.76. The van der Waals surface area contributed by atoms with E-state index in [9.17, 15) is 0 Å². The Balaban J connectivity index is 1.66. The molecular formula is C16H29N5. The van der Waals surface area contributed by atoms with E-state index in [2.05, 4.69) is 34.4 Å². The van der Waals surface area contributed by atoms with E-state index < -0.39 is 0 Å². The molecule has 1 N–H and O–H groups in total. The van der Waals surface area contributed by atoms with E-state index in [-0.39, 0.29) is 5.54 Å². The normalized spacial score (nSPS) is 27.9. The van der Waals surface area contributed by atoms with Gasteiger partial charge in [-0.25, -0.2) is 0 Å². The fourth-order valence-corrected chi connectivity index (χ4v) is 3.84. The number of hydrogen-bond acceptors (Lipinski definition) is 4. The Morgan fingerprint density at radius 2 is 2.05 bits per heavy atom. The number of nitrogens with zero attached hydrogens (tertiary/aromatic N) is 4. The third-order valence-corrected chi connectivity index (χ3v) is 5.29. The van der Waals surface area contributed by atoms with E-state index in [1.165, 1.54) is 32.1 Å². The molecule has 0 bridgehead atoms. The number of aryl methyl sites for hydroxylation is 1. The van der Waals surface area contributed by atoms with E-state index in [1.807, 2.05) is 13.2 Å². The number of rotatable bonds is 3. The molecule has 1 atom stereocenters. The van der Waals surface area contributed by atoms with Crippen molar-refractivity contribution in [2.24, 2.45) is 13.0 Å². The molecule has 2 fully saturated rings. The van der Waals surface area contributed by atoms with E-state index in [0.29, 0.717) is 6.04 Å². The highest BCUT2D eigenvalue weighted by Crippen LogP contribution is 2.30. The summed E-state index contributed by atoms with van der Waals surface area (Å²) >= 11 is 0. The van der Waals surface area contributed by atoms with Gasteiger partial charge in [0.25, 0.3) is 0 Å². The second-order valence-corrected chi connectivity index (χ2v) is 7.46. The zero-order chi connectivity index (χ0) is 14.9. The molecule has 1 aromatic heterocycles. The van der Waals surface area contributed by atoms with Gasteiger partial charge in [-0.15, -0.1) is 5.10 Å². The maximum absolute atomic E-state index is 4.26. The molecule has 3 rings (SSSR count). The predicted octanol–water partition coefficient (Wildman–Crippen LogP) is 1.95. The zero-order valence-corrected chi connectivity index (χ0v) is 13.7. The van der Waals surface area contributed by atoms with Crippen molar-refractivity contribution in [2.45, 2.75) is 64.1 Å². The Labute approximate surface area is 128 Å². The lowest BCUT2D eigenvalue weighted by Gasteiger charge is -2.48. The minimum absolute atomic E-state index is 0.183. The molecule has 5 heteroatoms. The number of aromatic nitrogens is 3. The lowest BCUT2D eigenvalue weighted by atomic mass is 9.81. The first-order valence-electron chi connectivity index (χ1n) is 8.38. The fraction of sp³-hybridized carbons (Fsp3) is 0.875. The Kier molecular flexibility index (Phi) is 4.31. The van der Waals surface area contributed by atoms with Gasteiger partial charge in [-0.3, -0.25) is 9.58 Å². The lowest BCUT2D eigenvalue weighted by molar-refractivity contribution is 0.0364. The first-order chi connectivity index (χ1) is 10.0. The second-order valence-electron chi connectivity index (χ2n) is 7.46. The molecule has 5 nitrogen and oxygen atoms in total. The second kappa shape index (κ2) is 6.05. The van der Waals surface area contributed by atoms with E-state index in [1.54, 1.807) is 4.68 Å². The lowest BCUT2D eigenvalue weighted by Crippen LogP contribution is -2.63. The van der Waals surface area contributed by atoms with Crippen molar-refractivity contribution in [1.29, 1.82) is 0 Å². The summed E-state index contributed by atoms with van der Waals surface area (Å²) in [7, 11) is 1.93. The Hall–Kier alpha value is -0.940. The molecule has 21 heavy (non-hydrogen) atoms. The molecular weight excluding hydrogens is 262 g/mol. The maximum atomic E-state index is 4.26. The van der Waals surface area contributed by atoms with Gasteiger partial charge >= 0.3 is 0 Å². The van der Waals surface area contributed by atoms with Crippen LogP contribution < -0.4 is 5.32 Å². The van der Waals surface area contributed by atoms with Gasteiger partial charge in [0, 0.05) is 44.5 Å². The number of nitrogens with one attached hydrogen (secondary N) is 1. The van der Waals surface area contributed by atoms with Gasteiger partial charge in [0.15, 0.2) is 0 Å². The summed E-state index contributed by atoms with van der Waals surface area (Å²) in [4.78, 5) is 2.59. The van der Waals surface area contributed by atoms with Crippen molar-refractivity contribution in [2.75, 3.05) is 13.1 Å². The van der Waals surface area contributed by atoms with Crippen molar-refractivity contribution in [3.05, 3.63) is 11.9 Å². The standard InChI is InChI=1S/C16H29N5/c1-16(2)12-17-15(13-7-5-4-6-8-13)11-21(16)10-14-9-20(3)19-18-14/h9,13,15,17H,4-8,10-12H2,1-3H3. The molecule has 1 saturated carbocycles. The fourth-order valence-electron chi connectivity index (χ4n) is 3.84. The molecule has 0 spiro atoms. The zero-order valence-electron chi connectivity index (χ0n) is 13.7. The molecule has 1 aromatic rings. The highest BCUT2D eigenvalue weighted by molar-refractivity contribution is 5.00. The minimum Gasteiger partial charge on any atom is -0.311 e. The van der Waals surface area contributed by atoms with Crippen molar-refractivity contribution in [1.82, 2.24) is 25.2 Å². The van der Waals surface area contributed by atoms with Crippen molar-refractivity contribution < 1.29 is 0 Å². The third-order valence-electron chi connectivity index (χ3n) is 5.29. The summed E-state index contributed by atoms with van der Waals surface area (Å²) in [5.41, 5.74) is 1.26. The average molecular weight is 291 g/mol. The molecule has 2 heterocycles. The molecule has 118 valence electrons. The summed E-state index contributed by atoms with van der Waals surface area (Å²) in [6, 6.07) is 0.648. The molecule has 0 radical (unpaired) electrons. The third kappa shape index (κ3) is 3.46. The van der Waals surface area contributed by atoms with Crippen molar-refractivity contribution in [3.8, 4) is 0 Å².